The third-order valence-corrected chi connectivity index (χ3v) is 5.76. The molecule has 0 radical (unpaired) electrons. The highest BCUT2D eigenvalue weighted by atomic mass is 79.9. The summed E-state index contributed by atoms with van der Waals surface area (Å²) in [6.45, 7) is 1.12. The zero-order valence-electron chi connectivity index (χ0n) is 9.03. The molecule has 3 rings (SSSR count). The Kier molecular flexibility index (Phi) is 3.31. The monoisotopic (exact) mass is 319 g/mol. The van der Waals surface area contributed by atoms with E-state index in [0.29, 0.717) is 5.38 Å². The Balaban J connectivity index is 1.72. The SMILES string of the molecule is ClC1CC2CCC(C1)N2Cc1ccc(Br)s1. The van der Waals surface area contributed by atoms with Gasteiger partial charge in [-0.1, -0.05) is 0 Å². The van der Waals surface area contributed by atoms with Gasteiger partial charge in [-0.25, -0.2) is 0 Å². The van der Waals surface area contributed by atoms with Gasteiger partial charge in [0.05, 0.1) is 3.79 Å². The minimum Gasteiger partial charge on any atom is -0.292 e. The lowest BCUT2D eigenvalue weighted by Gasteiger charge is -2.36. The highest BCUT2D eigenvalue weighted by molar-refractivity contribution is 9.11. The molecule has 2 aliphatic heterocycles. The van der Waals surface area contributed by atoms with E-state index in [9.17, 15) is 0 Å². The smallest absolute Gasteiger partial charge is 0.0701 e. The largest absolute Gasteiger partial charge is 0.292 e. The molecule has 2 atom stereocenters. The van der Waals surface area contributed by atoms with Crippen LogP contribution < -0.4 is 0 Å². The number of fused-ring (bicyclic) bond motifs is 2. The standard InChI is InChI=1S/C12H15BrClNS/c13-12-4-3-11(16-12)7-15-9-1-2-10(15)6-8(14)5-9/h3-4,8-10H,1-2,5-7H2. The van der Waals surface area contributed by atoms with Crippen molar-refractivity contribution in [3.63, 3.8) is 0 Å². The summed E-state index contributed by atoms with van der Waals surface area (Å²) in [4.78, 5) is 4.15. The van der Waals surface area contributed by atoms with E-state index in [-0.39, 0.29) is 0 Å². The Labute approximate surface area is 114 Å². The van der Waals surface area contributed by atoms with Crippen LogP contribution in [0.1, 0.15) is 30.6 Å². The molecule has 88 valence electrons. The van der Waals surface area contributed by atoms with Gasteiger partial charge < -0.3 is 0 Å². The third-order valence-electron chi connectivity index (χ3n) is 3.79. The van der Waals surface area contributed by atoms with Crippen LogP contribution in [0.25, 0.3) is 0 Å². The second kappa shape index (κ2) is 4.60. The summed E-state index contributed by atoms with van der Waals surface area (Å²) < 4.78 is 1.24. The van der Waals surface area contributed by atoms with Crippen molar-refractivity contribution in [1.82, 2.24) is 4.90 Å². The molecule has 0 amide bonds. The Hall–Kier alpha value is 0.430. The predicted molar refractivity (Wildman–Crippen MR) is 73.2 cm³/mol. The Morgan fingerprint density at radius 1 is 1.31 bits per heavy atom. The average molecular weight is 321 g/mol. The number of piperidine rings is 1. The summed E-state index contributed by atoms with van der Waals surface area (Å²) in [6, 6.07) is 5.86. The van der Waals surface area contributed by atoms with Crippen molar-refractivity contribution in [3.05, 3.63) is 20.8 Å². The molecule has 1 aromatic heterocycles. The van der Waals surface area contributed by atoms with E-state index in [1.165, 1.54) is 34.3 Å². The first-order valence-corrected chi connectivity index (χ1v) is 7.91. The van der Waals surface area contributed by atoms with Crippen LogP contribution in [-0.2, 0) is 6.54 Å². The van der Waals surface area contributed by atoms with Gasteiger partial charge >= 0.3 is 0 Å². The molecule has 2 unspecified atom stereocenters. The molecule has 1 nitrogen and oxygen atoms in total. The number of nitrogens with zero attached hydrogens (tertiary/aromatic N) is 1. The van der Waals surface area contributed by atoms with Gasteiger partial charge in [0.15, 0.2) is 0 Å². The summed E-state index contributed by atoms with van der Waals surface area (Å²) in [5.74, 6) is 0. The van der Waals surface area contributed by atoms with Gasteiger partial charge in [-0.15, -0.1) is 22.9 Å². The fraction of sp³-hybridized carbons (Fsp3) is 0.667. The second-order valence-electron chi connectivity index (χ2n) is 4.83. The van der Waals surface area contributed by atoms with Crippen molar-refractivity contribution in [2.24, 2.45) is 0 Å². The number of alkyl halides is 1. The summed E-state index contributed by atoms with van der Waals surface area (Å²) >= 11 is 11.7. The first-order chi connectivity index (χ1) is 7.72. The molecular weight excluding hydrogens is 306 g/mol. The molecule has 16 heavy (non-hydrogen) atoms. The lowest BCUT2D eigenvalue weighted by molar-refractivity contribution is 0.136. The maximum atomic E-state index is 6.29. The van der Waals surface area contributed by atoms with Crippen LogP contribution in [0, 0.1) is 0 Å². The van der Waals surface area contributed by atoms with Crippen molar-refractivity contribution in [3.8, 4) is 0 Å². The number of halogens is 2. The van der Waals surface area contributed by atoms with Gasteiger partial charge in [0, 0.05) is 28.9 Å². The van der Waals surface area contributed by atoms with Crippen LogP contribution in [0.4, 0.5) is 0 Å². The number of hydrogen-bond donors (Lipinski definition) is 0. The summed E-state index contributed by atoms with van der Waals surface area (Å²) in [5.41, 5.74) is 0. The Morgan fingerprint density at radius 3 is 2.56 bits per heavy atom. The van der Waals surface area contributed by atoms with Crippen molar-refractivity contribution in [2.75, 3.05) is 0 Å². The van der Waals surface area contributed by atoms with E-state index in [4.69, 9.17) is 11.6 Å². The van der Waals surface area contributed by atoms with E-state index < -0.39 is 0 Å². The number of thiophene rings is 1. The normalized spacial score (nSPS) is 34.5. The highest BCUT2D eigenvalue weighted by Gasteiger charge is 2.39. The van der Waals surface area contributed by atoms with Crippen LogP contribution >= 0.6 is 38.9 Å². The molecule has 1 aromatic rings. The quantitative estimate of drug-likeness (QED) is 0.737. The summed E-state index contributed by atoms with van der Waals surface area (Å²) in [7, 11) is 0. The van der Waals surface area contributed by atoms with Gasteiger partial charge in [0.2, 0.25) is 0 Å². The van der Waals surface area contributed by atoms with Crippen molar-refractivity contribution >= 4 is 38.9 Å². The lowest BCUT2D eigenvalue weighted by atomic mass is 10.0. The molecule has 2 saturated heterocycles. The van der Waals surface area contributed by atoms with Crippen LogP contribution in [0.15, 0.2) is 15.9 Å². The van der Waals surface area contributed by atoms with E-state index in [1.807, 2.05) is 11.3 Å². The van der Waals surface area contributed by atoms with Gasteiger partial charge in [-0.3, -0.25) is 4.90 Å². The topological polar surface area (TPSA) is 3.24 Å². The molecule has 0 spiro atoms. The molecule has 2 aliphatic rings. The zero-order valence-corrected chi connectivity index (χ0v) is 12.2. The van der Waals surface area contributed by atoms with E-state index >= 15 is 0 Å². The number of hydrogen-bond acceptors (Lipinski definition) is 2. The van der Waals surface area contributed by atoms with Gasteiger partial charge in [0.25, 0.3) is 0 Å². The van der Waals surface area contributed by atoms with E-state index in [2.05, 4.69) is 33.0 Å². The maximum Gasteiger partial charge on any atom is 0.0701 e. The van der Waals surface area contributed by atoms with Crippen LogP contribution in [-0.4, -0.2) is 22.4 Å². The molecule has 0 saturated carbocycles. The van der Waals surface area contributed by atoms with Gasteiger partial charge in [-0.05, 0) is 53.7 Å². The van der Waals surface area contributed by atoms with Gasteiger partial charge in [0.1, 0.15) is 0 Å². The first kappa shape index (κ1) is 11.5. The fourth-order valence-electron chi connectivity index (χ4n) is 3.08. The van der Waals surface area contributed by atoms with Crippen LogP contribution in [0.5, 0.6) is 0 Å². The van der Waals surface area contributed by atoms with Gasteiger partial charge in [-0.2, -0.15) is 0 Å². The van der Waals surface area contributed by atoms with Crippen LogP contribution in [0.2, 0.25) is 0 Å². The Bertz CT molecular complexity index is 367. The fourth-order valence-corrected chi connectivity index (χ4v) is 4.99. The molecule has 2 fully saturated rings. The second-order valence-corrected chi connectivity index (χ2v) is 8.00. The third kappa shape index (κ3) is 2.20. The minimum absolute atomic E-state index is 0.420. The average Bonchev–Trinajstić information content (AvgIpc) is 2.72. The minimum atomic E-state index is 0.420. The molecule has 4 heteroatoms. The maximum absolute atomic E-state index is 6.29. The Morgan fingerprint density at radius 2 is 2.00 bits per heavy atom. The first-order valence-electron chi connectivity index (χ1n) is 5.86. The van der Waals surface area contributed by atoms with Crippen LogP contribution in [0.3, 0.4) is 0 Å². The van der Waals surface area contributed by atoms with Crippen molar-refractivity contribution in [2.45, 2.75) is 49.7 Å². The van der Waals surface area contributed by atoms with E-state index in [0.717, 1.165) is 18.6 Å². The molecule has 0 aliphatic carbocycles. The summed E-state index contributed by atoms with van der Waals surface area (Å²) in [6.07, 6.45) is 5.07. The lowest BCUT2D eigenvalue weighted by Crippen LogP contribution is -2.42. The molecule has 2 bridgehead atoms. The summed E-state index contributed by atoms with van der Waals surface area (Å²) in [5, 5.41) is 0.420. The molecular formula is C12H15BrClNS. The molecule has 0 aromatic carbocycles. The van der Waals surface area contributed by atoms with Crippen molar-refractivity contribution < 1.29 is 0 Å². The van der Waals surface area contributed by atoms with E-state index in [1.54, 1.807) is 0 Å². The van der Waals surface area contributed by atoms with Crippen molar-refractivity contribution in [1.29, 1.82) is 0 Å². The predicted octanol–water partition coefficient (Wildman–Crippen LogP) is 4.24. The number of rotatable bonds is 2. The zero-order chi connectivity index (χ0) is 11.1. The molecule has 3 heterocycles. The molecule has 0 N–H and O–H groups in total. The highest BCUT2D eigenvalue weighted by Crippen LogP contribution is 2.39.